The number of Topliss-reactive ketones (excluding diaryl/α,β-unsaturated/α-hetero) is 1. The second-order valence-corrected chi connectivity index (χ2v) is 4.73. The zero-order chi connectivity index (χ0) is 9.64. The highest BCUT2D eigenvalue weighted by Gasteiger charge is 2.35. The quantitative estimate of drug-likeness (QED) is 0.652. The summed E-state index contributed by atoms with van der Waals surface area (Å²) in [5, 5.41) is 2.31. The monoisotopic (exact) mass is 213 g/mol. The van der Waals surface area contributed by atoms with E-state index in [9.17, 15) is 4.79 Å². The minimum Gasteiger partial charge on any atom is -0.291 e. The molecule has 0 amide bonds. The molecule has 1 aromatic heterocycles. The first-order valence-corrected chi connectivity index (χ1v) is 5.16. The van der Waals surface area contributed by atoms with Crippen molar-refractivity contribution >= 4 is 33.9 Å². The lowest BCUT2D eigenvalue weighted by atomic mass is 9.94. The molecule has 68 valence electrons. The largest absolute Gasteiger partial charge is 0.291 e. The molecule has 0 spiro atoms. The molecule has 0 atom stereocenters. The van der Waals surface area contributed by atoms with Crippen molar-refractivity contribution in [2.75, 3.05) is 0 Å². The van der Waals surface area contributed by atoms with Crippen LogP contribution in [0.5, 0.6) is 0 Å². The van der Waals surface area contributed by atoms with Crippen molar-refractivity contribution in [3.8, 4) is 0 Å². The van der Waals surface area contributed by atoms with Crippen molar-refractivity contribution in [1.29, 1.82) is 0 Å². The first kappa shape index (κ1) is 8.91. The summed E-state index contributed by atoms with van der Waals surface area (Å²) in [4.78, 5) is 16.7. The van der Waals surface area contributed by atoms with Crippen molar-refractivity contribution in [1.82, 2.24) is 0 Å². The van der Waals surface area contributed by atoms with Crippen LogP contribution in [-0.4, -0.2) is 16.5 Å². The molecule has 0 bridgehead atoms. The second-order valence-electron chi connectivity index (χ2n) is 3.45. The fraction of sp³-hybridized carbons (Fsp3) is 0.333. The molecule has 1 aliphatic heterocycles. The number of nitrogens with zero attached hydrogens (tertiary/aromatic N) is 1. The first-order chi connectivity index (χ1) is 6.02. The molecule has 1 aromatic rings. The number of carbonyl (C=O) groups excluding carboxylic acids is 1. The summed E-state index contributed by atoms with van der Waals surface area (Å²) in [7, 11) is 0. The zero-order valence-electron chi connectivity index (χ0n) is 7.30. The Balaban J connectivity index is 2.66. The molecular formula is C9H8ClNOS. The summed E-state index contributed by atoms with van der Waals surface area (Å²) < 4.78 is 0. The molecule has 0 radical (unpaired) electrons. The van der Waals surface area contributed by atoms with Crippen LogP contribution in [0.1, 0.15) is 29.1 Å². The summed E-state index contributed by atoms with van der Waals surface area (Å²) in [6.07, 6.45) is 0. The maximum Gasteiger partial charge on any atom is 0.200 e. The van der Waals surface area contributed by atoms with Gasteiger partial charge < -0.3 is 0 Å². The Morgan fingerprint density at radius 2 is 2.23 bits per heavy atom. The maximum absolute atomic E-state index is 11.8. The molecule has 2 rings (SSSR count). The highest BCUT2D eigenvalue weighted by Crippen LogP contribution is 2.31. The molecule has 2 heterocycles. The van der Waals surface area contributed by atoms with Crippen LogP contribution in [0.4, 0.5) is 0 Å². The molecule has 0 saturated carbocycles. The summed E-state index contributed by atoms with van der Waals surface area (Å²) in [6.45, 7) is 3.56. The van der Waals surface area contributed by atoms with Gasteiger partial charge >= 0.3 is 0 Å². The Morgan fingerprint density at radius 1 is 1.54 bits per heavy atom. The summed E-state index contributed by atoms with van der Waals surface area (Å²) in [5.41, 5.74) is 0.0746. The highest BCUT2D eigenvalue weighted by molar-refractivity contribution is 7.13. The molecular weight excluding hydrogens is 206 g/mol. The first-order valence-electron chi connectivity index (χ1n) is 3.90. The van der Waals surface area contributed by atoms with Gasteiger partial charge in [0.25, 0.3) is 0 Å². The topological polar surface area (TPSA) is 29.4 Å². The van der Waals surface area contributed by atoms with Crippen LogP contribution >= 0.6 is 22.9 Å². The lowest BCUT2D eigenvalue weighted by molar-refractivity contribution is 0.0917. The smallest absolute Gasteiger partial charge is 0.200 e. The van der Waals surface area contributed by atoms with Gasteiger partial charge in [0.15, 0.2) is 5.78 Å². The second kappa shape index (κ2) is 2.66. The molecule has 1 aliphatic rings. The lowest BCUT2D eigenvalue weighted by Crippen LogP contribution is -2.34. The fourth-order valence-corrected chi connectivity index (χ4v) is 2.70. The summed E-state index contributed by atoms with van der Waals surface area (Å²) in [5.74, 6) is 0.0573. The number of fused-ring (bicyclic) bond motifs is 1. The highest BCUT2D eigenvalue weighted by atomic mass is 35.5. The van der Waals surface area contributed by atoms with Crippen LogP contribution in [0, 0.1) is 0 Å². The van der Waals surface area contributed by atoms with Crippen LogP contribution in [0.3, 0.4) is 0 Å². The normalized spacial score (nSPS) is 19.6. The Bertz CT molecular complexity index is 406. The van der Waals surface area contributed by atoms with Crippen LogP contribution in [0.2, 0.25) is 0 Å². The maximum atomic E-state index is 11.8. The lowest BCUT2D eigenvalue weighted by Gasteiger charge is -2.22. The zero-order valence-corrected chi connectivity index (χ0v) is 8.87. The van der Waals surface area contributed by atoms with Crippen LogP contribution in [0.25, 0.3) is 0 Å². The van der Waals surface area contributed by atoms with Crippen molar-refractivity contribution in [2.45, 2.75) is 19.4 Å². The summed E-state index contributed by atoms with van der Waals surface area (Å²) >= 11 is 7.37. The molecule has 2 nitrogen and oxygen atoms in total. The predicted molar refractivity (Wildman–Crippen MR) is 55.1 cm³/mol. The SMILES string of the molecule is CC1(C)N=C(Cl)c2ccsc2C1=O. The van der Waals surface area contributed by atoms with Gasteiger partial charge in [0, 0.05) is 5.56 Å². The van der Waals surface area contributed by atoms with E-state index in [0.717, 1.165) is 10.4 Å². The van der Waals surface area contributed by atoms with Crippen LogP contribution in [0.15, 0.2) is 16.4 Å². The van der Waals surface area contributed by atoms with E-state index in [4.69, 9.17) is 11.6 Å². The van der Waals surface area contributed by atoms with Crippen LogP contribution in [-0.2, 0) is 0 Å². The van der Waals surface area contributed by atoms with E-state index in [0.29, 0.717) is 5.17 Å². The van der Waals surface area contributed by atoms with E-state index >= 15 is 0 Å². The van der Waals surface area contributed by atoms with E-state index < -0.39 is 5.54 Å². The third-order valence-corrected chi connectivity index (χ3v) is 3.23. The van der Waals surface area contributed by atoms with Gasteiger partial charge in [0.2, 0.25) is 0 Å². The van der Waals surface area contributed by atoms with Gasteiger partial charge in [-0.3, -0.25) is 9.79 Å². The number of ketones is 1. The molecule has 13 heavy (non-hydrogen) atoms. The Labute approximate surface area is 85.3 Å². The molecule has 0 fully saturated rings. The Kier molecular flexibility index (Phi) is 1.82. The number of hydrogen-bond acceptors (Lipinski definition) is 3. The van der Waals surface area contributed by atoms with Gasteiger partial charge in [-0.1, -0.05) is 11.6 Å². The molecule has 4 heteroatoms. The number of rotatable bonds is 0. The summed E-state index contributed by atoms with van der Waals surface area (Å²) in [6, 6.07) is 1.83. The van der Waals surface area contributed by atoms with E-state index in [-0.39, 0.29) is 5.78 Å². The van der Waals surface area contributed by atoms with Crippen molar-refractivity contribution in [3.05, 3.63) is 21.9 Å². The average molecular weight is 214 g/mol. The van der Waals surface area contributed by atoms with Gasteiger partial charge in [0.1, 0.15) is 10.7 Å². The third-order valence-electron chi connectivity index (χ3n) is 2.03. The van der Waals surface area contributed by atoms with Gasteiger partial charge in [0.05, 0.1) is 4.88 Å². The van der Waals surface area contributed by atoms with Crippen molar-refractivity contribution in [2.24, 2.45) is 4.99 Å². The van der Waals surface area contributed by atoms with Crippen LogP contribution < -0.4 is 0 Å². The minimum atomic E-state index is -0.699. The molecule has 0 N–H and O–H groups in total. The van der Waals surface area contributed by atoms with E-state index in [1.807, 2.05) is 11.4 Å². The molecule has 0 aliphatic carbocycles. The number of carbonyl (C=O) groups is 1. The fourth-order valence-electron chi connectivity index (χ4n) is 1.28. The van der Waals surface area contributed by atoms with E-state index in [1.54, 1.807) is 13.8 Å². The molecule has 0 saturated heterocycles. The van der Waals surface area contributed by atoms with Gasteiger partial charge in [-0.15, -0.1) is 11.3 Å². The van der Waals surface area contributed by atoms with Gasteiger partial charge in [-0.05, 0) is 25.3 Å². The van der Waals surface area contributed by atoms with Gasteiger partial charge in [-0.25, -0.2) is 0 Å². The van der Waals surface area contributed by atoms with E-state index in [1.165, 1.54) is 11.3 Å². The molecule has 0 aromatic carbocycles. The Morgan fingerprint density at radius 3 is 2.92 bits per heavy atom. The number of aliphatic imine (C=N–C) groups is 1. The van der Waals surface area contributed by atoms with Crippen molar-refractivity contribution < 1.29 is 4.79 Å². The van der Waals surface area contributed by atoms with Gasteiger partial charge in [-0.2, -0.15) is 0 Å². The Hall–Kier alpha value is -0.670. The van der Waals surface area contributed by atoms with E-state index in [2.05, 4.69) is 4.99 Å². The standard InChI is InChI=1S/C9H8ClNOS/c1-9(2)7(12)6-5(3-4-13-6)8(10)11-9/h3-4H,1-2H3. The number of halogens is 1. The number of hydrogen-bond donors (Lipinski definition) is 0. The minimum absolute atomic E-state index is 0.0573. The van der Waals surface area contributed by atoms with Crippen molar-refractivity contribution in [3.63, 3.8) is 0 Å². The predicted octanol–water partition coefficient (Wildman–Crippen LogP) is 2.71. The number of thiophene rings is 1. The molecule has 0 unspecified atom stereocenters. The average Bonchev–Trinajstić information content (AvgIpc) is 2.47. The third kappa shape index (κ3) is 1.23.